The molecule has 134 valence electrons. The van der Waals surface area contributed by atoms with Crippen molar-refractivity contribution < 1.29 is 21.9 Å². The Morgan fingerprint density at radius 2 is 1.83 bits per heavy atom. The fraction of sp³-hybridized carbons (Fsp3) is 0.625. The van der Waals surface area contributed by atoms with E-state index in [0.29, 0.717) is 13.0 Å². The van der Waals surface area contributed by atoms with Gasteiger partial charge >= 0.3 is 0 Å². The van der Waals surface area contributed by atoms with Crippen LogP contribution in [0.5, 0.6) is 0 Å². The number of halogens is 2. The van der Waals surface area contributed by atoms with Gasteiger partial charge in [-0.05, 0) is 37.9 Å². The van der Waals surface area contributed by atoms with Gasteiger partial charge in [-0.25, -0.2) is 17.2 Å². The summed E-state index contributed by atoms with van der Waals surface area (Å²) in [5.74, 6) is -2.09. The van der Waals surface area contributed by atoms with E-state index in [-0.39, 0.29) is 19.2 Å². The summed E-state index contributed by atoms with van der Waals surface area (Å²) in [5.41, 5.74) is 0. The average molecular weight is 360 g/mol. The fourth-order valence-corrected chi connectivity index (χ4v) is 4.88. The van der Waals surface area contributed by atoms with E-state index in [1.807, 2.05) is 0 Å². The van der Waals surface area contributed by atoms with Crippen LogP contribution in [-0.4, -0.2) is 63.1 Å². The third-order valence-electron chi connectivity index (χ3n) is 4.55. The summed E-state index contributed by atoms with van der Waals surface area (Å²) in [6.07, 6.45) is 2.92. The van der Waals surface area contributed by atoms with Crippen LogP contribution in [0.25, 0.3) is 0 Å². The van der Waals surface area contributed by atoms with Crippen LogP contribution in [0.3, 0.4) is 0 Å². The van der Waals surface area contributed by atoms with Gasteiger partial charge in [0, 0.05) is 32.8 Å². The molecule has 0 radical (unpaired) electrons. The molecule has 0 bridgehead atoms. The maximum absolute atomic E-state index is 13.9. The zero-order valence-corrected chi connectivity index (χ0v) is 14.3. The number of hydrogen-bond acceptors (Lipinski definition) is 4. The molecule has 2 aliphatic heterocycles. The Balaban J connectivity index is 1.70. The molecule has 1 aromatic carbocycles. The first-order valence-electron chi connectivity index (χ1n) is 8.26. The minimum Gasteiger partial charge on any atom is -0.377 e. The summed E-state index contributed by atoms with van der Waals surface area (Å²) < 4.78 is 59.8. The molecular weight excluding hydrogens is 338 g/mol. The van der Waals surface area contributed by atoms with Crippen molar-refractivity contribution in [3.8, 4) is 0 Å². The van der Waals surface area contributed by atoms with Crippen LogP contribution >= 0.6 is 0 Å². The van der Waals surface area contributed by atoms with Gasteiger partial charge in [-0.2, -0.15) is 4.31 Å². The molecule has 0 N–H and O–H groups in total. The van der Waals surface area contributed by atoms with Crippen LogP contribution in [0.4, 0.5) is 8.78 Å². The van der Waals surface area contributed by atoms with Crippen molar-refractivity contribution >= 4 is 10.0 Å². The molecule has 2 fully saturated rings. The molecule has 0 spiro atoms. The van der Waals surface area contributed by atoms with Crippen LogP contribution in [0.2, 0.25) is 0 Å². The van der Waals surface area contributed by atoms with Gasteiger partial charge in [0.2, 0.25) is 10.0 Å². The highest BCUT2D eigenvalue weighted by Gasteiger charge is 2.32. The Morgan fingerprint density at radius 3 is 2.50 bits per heavy atom. The summed E-state index contributed by atoms with van der Waals surface area (Å²) in [6.45, 7) is 3.34. The number of benzene rings is 1. The Labute approximate surface area is 141 Å². The second-order valence-corrected chi connectivity index (χ2v) is 8.12. The van der Waals surface area contributed by atoms with Gasteiger partial charge in [-0.1, -0.05) is 6.07 Å². The summed E-state index contributed by atoms with van der Waals surface area (Å²) in [5, 5.41) is 0. The summed E-state index contributed by atoms with van der Waals surface area (Å²) in [6, 6.07) is 3.10. The minimum atomic E-state index is -4.17. The van der Waals surface area contributed by atoms with Crippen molar-refractivity contribution in [1.29, 1.82) is 0 Å². The third kappa shape index (κ3) is 3.77. The van der Waals surface area contributed by atoms with Crippen LogP contribution in [0.15, 0.2) is 23.1 Å². The highest BCUT2D eigenvalue weighted by Crippen LogP contribution is 2.24. The van der Waals surface area contributed by atoms with Gasteiger partial charge in [0.25, 0.3) is 0 Å². The molecule has 2 heterocycles. The van der Waals surface area contributed by atoms with Crippen LogP contribution in [0.1, 0.15) is 19.3 Å². The number of ether oxygens (including phenoxy) is 1. The first-order chi connectivity index (χ1) is 11.5. The summed E-state index contributed by atoms with van der Waals surface area (Å²) in [7, 11) is -4.17. The molecule has 2 aliphatic rings. The number of nitrogens with zero attached hydrogens (tertiary/aromatic N) is 2. The Morgan fingerprint density at radius 1 is 1.08 bits per heavy atom. The Bertz CT molecular complexity index is 658. The van der Waals surface area contributed by atoms with Gasteiger partial charge in [-0.15, -0.1) is 0 Å². The molecule has 1 unspecified atom stereocenters. The standard InChI is InChI=1S/C16H22F2N2O3S/c17-14-5-1-6-15(18)16(14)24(21,22)20-8-3-7-19(9-10-20)12-13-4-2-11-23-13/h1,5-6,13H,2-4,7-12H2. The van der Waals surface area contributed by atoms with E-state index in [0.717, 1.165) is 50.7 Å². The van der Waals surface area contributed by atoms with Gasteiger partial charge in [-0.3, -0.25) is 4.90 Å². The lowest BCUT2D eigenvalue weighted by molar-refractivity contribution is 0.0749. The predicted octanol–water partition coefficient (Wildman–Crippen LogP) is 1.84. The molecular formula is C16H22F2N2O3S. The quantitative estimate of drug-likeness (QED) is 0.822. The van der Waals surface area contributed by atoms with E-state index in [9.17, 15) is 17.2 Å². The van der Waals surface area contributed by atoms with E-state index in [4.69, 9.17) is 4.74 Å². The van der Waals surface area contributed by atoms with E-state index in [1.54, 1.807) is 0 Å². The SMILES string of the molecule is O=S(=O)(c1c(F)cccc1F)N1CCCN(CC2CCCO2)CC1. The fourth-order valence-electron chi connectivity index (χ4n) is 3.30. The lowest BCUT2D eigenvalue weighted by Crippen LogP contribution is -2.38. The molecule has 1 atom stereocenters. The van der Waals surface area contributed by atoms with Gasteiger partial charge < -0.3 is 4.74 Å². The molecule has 5 nitrogen and oxygen atoms in total. The van der Waals surface area contributed by atoms with Crippen molar-refractivity contribution in [3.05, 3.63) is 29.8 Å². The number of hydrogen-bond donors (Lipinski definition) is 0. The first-order valence-corrected chi connectivity index (χ1v) is 9.70. The zero-order valence-electron chi connectivity index (χ0n) is 13.5. The van der Waals surface area contributed by atoms with E-state index in [1.165, 1.54) is 4.31 Å². The molecule has 0 aromatic heterocycles. The van der Waals surface area contributed by atoms with Crippen molar-refractivity contribution in [2.75, 3.05) is 39.3 Å². The molecule has 3 rings (SSSR count). The first kappa shape index (κ1) is 17.7. The van der Waals surface area contributed by atoms with E-state index < -0.39 is 26.6 Å². The lowest BCUT2D eigenvalue weighted by Gasteiger charge is -2.24. The van der Waals surface area contributed by atoms with Crippen molar-refractivity contribution in [3.63, 3.8) is 0 Å². The molecule has 1 aromatic rings. The second-order valence-electron chi connectivity index (χ2n) is 6.24. The van der Waals surface area contributed by atoms with Gasteiger partial charge in [0.15, 0.2) is 4.90 Å². The monoisotopic (exact) mass is 360 g/mol. The number of rotatable bonds is 4. The molecule has 24 heavy (non-hydrogen) atoms. The smallest absolute Gasteiger partial charge is 0.248 e. The van der Waals surface area contributed by atoms with Gasteiger partial charge in [0.1, 0.15) is 11.6 Å². The maximum Gasteiger partial charge on any atom is 0.248 e. The minimum absolute atomic E-state index is 0.206. The Kier molecular flexibility index (Phi) is 5.49. The van der Waals surface area contributed by atoms with Crippen LogP contribution < -0.4 is 0 Å². The predicted molar refractivity (Wildman–Crippen MR) is 85.1 cm³/mol. The molecule has 0 aliphatic carbocycles. The summed E-state index contributed by atoms with van der Waals surface area (Å²) >= 11 is 0. The zero-order chi connectivity index (χ0) is 17.2. The van der Waals surface area contributed by atoms with Crippen molar-refractivity contribution in [2.45, 2.75) is 30.3 Å². The summed E-state index contributed by atoms with van der Waals surface area (Å²) in [4.78, 5) is 1.32. The van der Waals surface area contributed by atoms with E-state index >= 15 is 0 Å². The topological polar surface area (TPSA) is 49.9 Å². The van der Waals surface area contributed by atoms with Gasteiger partial charge in [0.05, 0.1) is 6.10 Å². The highest BCUT2D eigenvalue weighted by molar-refractivity contribution is 7.89. The normalized spacial score (nSPS) is 24.2. The second kappa shape index (κ2) is 7.43. The molecule has 0 amide bonds. The van der Waals surface area contributed by atoms with Crippen LogP contribution in [0, 0.1) is 11.6 Å². The van der Waals surface area contributed by atoms with Crippen LogP contribution in [-0.2, 0) is 14.8 Å². The molecule has 8 heteroatoms. The Hall–Kier alpha value is -1.09. The molecule has 0 saturated carbocycles. The third-order valence-corrected chi connectivity index (χ3v) is 6.50. The number of sulfonamides is 1. The largest absolute Gasteiger partial charge is 0.377 e. The average Bonchev–Trinajstić information content (AvgIpc) is 2.90. The van der Waals surface area contributed by atoms with Crippen molar-refractivity contribution in [2.24, 2.45) is 0 Å². The van der Waals surface area contributed by atoms with Crippen molar-refractivity contribution in [1.82, 2.24) is 9.21 Å². The lowest BCUT2D eigenvalue weighted by atomic mass is 10.2. The highest BCUT2D eigenvalue weighted by atomic mass is 32.2. The van der Waals surface area contributed by atoms with E-state index in [2.05, 4.69) is 4.90 Å². The maximum atomic E-state index is 13.9. The molecule has 2 saturated heterocycles.